The van der Waals surface area contributed by atoms with Gasteiger partial charge in [0, 0.05) is 5.56 Å². The summed E-state index contributed by atoms with van der Waals surface area (Å²) >= 11 is 4.65. The maximum atomic E-state index is 11.7. The number of hydrogen-bond acceptors (Lipinski definition) is 5. The van der Waals surface area contributed by atoms with Gasteiger partial charge in [-0.2, -0.15) is 0 Å². The van der Waals surface area contributed by atoms with E-state index in [4.69, 9.17) is 9.47 Å². The summed E-state index contributed by atoms with van der Waals surface area (Å²) in [5.74, 6) is 0.233. The van der Waals surface area contributed by atoms with Crippen LogP contribution < -0.4 is 4.74 Å². The van der Waals surface area contributed by atoms with Crippen molar-refractivity contribution in [2.75, 3.05) is 14.2 Å². The third kappa shape index (κ3) is 2.39. The predicted octanol–water partition coefficient (Wildman–Crippen LogP) is 3.37. The van der Waals surface area contributed by atoms with Crippen molar-refractivity contribution >= 4 is 33.2 Å². The first kappa shape index (κ1) is 13.0. The van der Waals surface area contributed by atoms with E-state index < -0.39 is 5.97 Å². The molecule has 0 fully saturated rings. The zero-order valence-corrected chi connectivity index (χ0v) is 12.2. The first-order chi connectivity index (χ1) is 8.67. The van der Waals surface area contributed by atoms with E-state index >= 15 is 0 Å². The Balaban J connectivity index is 2.60. The number of esters is 1. The van der Waals surface area contributed by atoms with Crippen LogP contribution in [-0.4, -0.2) is 25.2 Å². The standard InChI is InChI=1S/C12H10BrNO3S/c1-16-8-6-4-3-5-7(8)10-9(11(15)17-2)14-12(13)18-10/h3-6H,1-2H3. The summed E-state index contributed by atoms with van der Waals surface area (Å²) in [6, 6.07) is 7.47. The summed E-state index contributed by atoms with van der Waals surface area (Å²) in [5.41, 5.74) is 1.11. The van der Waals surface area contributed by atoms with Crippen LogP contribution in [0.5, 0.6) is 5.75 Å². The van der Waals surface area contributed by atoms with E-state index in [0.29, 0.717) is 15.4 Å². The maximum Gasteiger partial charge on any atom is 0.358 e. The molecule has 0 atom stereocenters. The van der Waals surface area contributed by atoms with E-state index in [2.05, 4.69) is 20.9 Å². The van der Waals surface area contributed by atoms with E-state index in [1.54, 1.807) is 7.11 Å². The third-order valence-electron chi connectivity index (χ3n) is 2.33. The zero-order chi connectivity index (χ0) is 13.1. The number of para-hydroxylation sites is 1. The molecule has 2 rings (SSSR count). The molecule has 18 heavy (non-hydrogen) atoms. The molecule has 1 aromatic heterocycles. The number of benzene rings is 1. The number of methoxy groups -OCH3 is 2. The Bertz CT molecular complexity index is 582. The van der Waals surface area contributed by atoms with Crippen LogP contribution >= 0.6 is 27.3 Å². The van der Waals surface area contributed by atoms with Crippen molar-refractivity contribution in [3.8, 4) is 16.2 Å². The smallest absolute Gasteiger partial charge is 0.358 e. The Labute approximate surface area is 117 Å². The summed E-state index contributed by atoms with van der Waals surface area (Å²) in [6.45, 7) is 0. The van der Waals surface area contributed by atoms with Gasteiger partial charge in [-0.05, 0) is 28.1 Å². The molecule has 0 unspecified atom stereocenters. The number of ether oxygens (including phenoxy) is 2. The summed E-state index contributed by atoms with van der Waals surface area (Å²) in [7, 11) is 2.92. The lowest BCUT2D eigenvalue weighted by molar-refractivity contribution is 0.0595. The molecule has 0 amide bonds. The van der Waals surface area contributed by atoms with Gasteiger partial charge in [-0.25, -0.2) is 9.78 Å². The topological polar surface area (TPSA) is 48.4 Å². The normalized spacial score (nSPS) is 10.2. The molecule has 4 nitrogen and oxygen atoms in total. The number of thiazole rings is 1. The first-order valence-electron chi connectivity index (χ1n) is 5.05. The Morgan fingerprint density at radius 1 is 1.33 bits per heavy atom. The Morgan fingerprint density at radius 2 is 2.06 bits per heavy atom. The molecule has 1 heterocycles. The fraction of sp³-hybridized carbons (Fsp3) is 0.167. The van der Waals surface area contributed by atoms with Crippen molar-refractivity contribution in [2.24, 2.45) is 0 Å². The quantitative estimate of drug-likeness (QED) is 0.811. The molecular formula is C12H10BrNO3S. The van der Waals surface area contributed by atoms with Crippen LogP contribution in [0.4, 0.5) is 0 Å². The monoisotopic (exact) mass is 327 g/mol. The molecular weight excluding hydrogens is 318 g/mol. The molecule has 94 valence electrons. The van der Waals surface area contributed by atoms with Crippen LogP contribution in [-0.2, 0) is 4.74 Å². The highest BCUT2D eigenvalue weighted by atomic mass is 79.9. The van der Waals surface area contributed by atoms with Gasteiger partial charge >= 0.3 is 5.97 Å². The van der Waals surface area contributed by atoms with Crippen LogP contribution in [0.3, 0.4) is 0 Å². The fourth-order valence-corrected chi connectivity index (χ4v) is 3.02. The molecule has 0 aliphatic carbocycles. The van der Waals surface area contributed by atoms with Crippen molar-refractivity contribution in [1.29, 1.82) is 0 Å². The summed E-state index contributed by atoms with van der Waals surface area (Å²) in [5, 5.41) is 0. The average molecular weight is 328 g/mol. The van der Waals surface area contributed by atoms with Gasteiger partial charge in [0.05, 0.1) is 19.1 Å². The highest BCUT2D eigenvalue weighted by molar-refractivity contribution is 9.11. The van der Waals surface area contributed by atoms with Crippen LogP contribution in [0.15, 0.2) is 28.2 Å². The fourth-order valence-electron chi connectivity index (χ4n) is 1.54. The zero-order valence-electron chi connectivity index (χ0n) is 9.77. The molecule has 0 radical (unpaired) electrons. The number of hydrogen-bond donors (Lipinski definition) is 0. The number of aromatic nitrogens is 1. The van der Waals surface area contributed by atoms with Gasteiger partial charge in [0.1, 0.15) is 5.75 Å². The highest BCUT2D eigenvalue weighted by Gasteiger charge is 2.21. The van der Waals surface area contributed by atoms with E-state index in [1.807, 2.05) is 24.3 Å². The molecule has 0 saturated carbocycles. The molecule has 2 aromatic rings. The molecule has 6 heteroatoms. The Hall–Kier alpha value is -1.40. The minimum atomic E-state index is -0.460. The first-order valence-corrected chi connectivity index (χ1v) is 6.66. The van der Waals surface area contributed by atoms with E-state index in [1.165, 1.54) is 18.4 Å². The number of carbonyl (C=O) groups excluding carboxylic acids is 1. The van der Waals surface area contributed by atoms with E-state index in [0.717, 1.165) is 10.4 Å². The second-order valence-electron chi connectivity index (χ2n) is 3.34. The number of rotatable bonds is 3. The van der Waals surface area contributed by atoms with E-state index in [-0.39, 0.29) is 0 Å². The van der Waals surface area contributed by atoms with Crippen LogP contribution in [0, 0.1) is 0 Å². The van der Waals surface area contributed by atoms with Gasteiger partial charge in [0.2, 0.25) is 0 Å². The SMILES string of the molecule is COC(=O)c1nc(Br)sc1-c1ccccc1OC. The summed E-state index contributed by atoms with van der Waals surface area (Å²) in [6.07, 6.45) is 0. The van der Waals surface area contributed by atoms with Crippen LogP contribution in [0.25, 0.3) is 10.4 Å². The van der Waals surface area contributed by atoms with Crippen molar-refractivity contribution < 1.29 is 14.3 Å². The minimum Gasteiger partial charge on any atom is -0.496 e. The van der Waals surface area contributed by atoms with Crippen molar-refractivity contribution in [3.05, 3.63) is 33.9 Å². The lowest BCUT2D eigenvalue weighted by atomic mass is 10.1. The van der Waals surface area contributed by atoms with Gasteiger partial charge in [-0.3, -0.25) is 0 Å². The molecule has 0 N–H and O–H groups in total. The van der Waals surface area contributed by atoms with Gasteiger partial charge in [0.15, 0.2) is 9.61 Å². The summed E-state index contributed by atoms with van der Waals surface area (Å²) in [4.78, 5) is 16.5. The Morgan fingerprint density at radius 3 is 2.72 bits per heavy atom. The van der Waals surface area contributed by atoms with Crippen LogP contribution in [0.2, 0.25) is 0 Å². The number of nitrogens with zero attached hydrogens (tertiary/aromatic N) is 1. The van der Waals surface area contributed by atoms with Gasteiger partial charge in [-0.15, -0.1) is 11.3 Å². The molecule has 0 spiro atoms. The van der Waals surface area contributed by atoms with E-state index in [9.17, 15) is 4.79 Å². The molecule has 0 aliphatic heterocycles. The number of carbonyl (C=O) groups is 1. The van der Waals surface area contributed by atoms with Crippen molar-refractivity contribution in [1.82, 2.24) is 4.98 Å². The van der Waals surface area contributed by atoms with Gasteiger partial charge in [0.25, 0.3) is 0 Å². The Kier molecular flexibility index (Phi) is 3.98. The minimum absolute atomic E-state index is 0.291. The van der Waals surface area contributed by atoms with Gasteiger partial charge < -0.3 is 9.47 Å². The third-order valence-corrected chi connectivity index (χ3v) is 3.87. The molecule has 0 aliphatic rings. The summed E-state index contributed by atoms with van der Waals surface area (Å²) < 4.78 is 10.6. The van der Waals surface area contributed by atoms with Gasteiger partial charge in [-0.1, -0.05) is 12.1 Å². The highest BCUT2D eigenvalue weighted by Crippen LogP contribution is 2.38. The van der Waals surface area contributed by atoms with Crippen LogP contribution in [0.1, 0.15) is 10.5 Å². The second-order valence-corrected chi connectivity index (χ2v) is 5.61. The van der Waals surface area contributed by atoms with Crippen molar-refractivity contribution in [3.63, 3.8) is 0 Å². The molecule has 0 bridgehead atoms. The molecule has 1 aromatic carbocycles. The second kappa shape index (κ2) is 5.49. The number of halogens is 1. The molecule has 0 saturated heterocycles. The van der Waals surface area contributed by atoms with Crippen molar-refractivity contribution in [2.45, 2.75) is 0 Å². The largest absolute Gasteiger partial charge is 0.496 e. The predicted molar refractivity (Wildman–Crippen MR) is 73.1 cm³/mol. The lowest BCUT2D eigenvalue weighted by Gasteiger charge is -2.06. The lowest BCUT2D eigenvalue weighted by Crippen LogP contribution is -2.03. The maximum absolute atomic E-state index is 11.7. The average Bonchev–Trinajstić information content (AvgIpc) is 2.79.